The second-order valence-corrected chi connectivity index (χ2v) is 4.68. The van der Waals surface area contributed by atoms with Gasteiger partial charge in [0.1, 0.15) is 5.82 Å². The molecule has 0 spiro atoms. The highest BCUT2D eigenvalue weighted by Crippen LogP contribution is 2.19. The molecule has 0 saturated carbocycles. The van der Waals surface area contributed by atoms with Gasteiger partial charge in [-0.1, -0.05) is 0 Å². The molecule has 1 aliphatic rings. The van der Waals surface area contributed by atoms with Gasteiger partial charge in [0, 0.05) is 37.1 Å². The number of nitrogens with two attached hydrogens (primary N) is 1. The minimum absolute atomic E-state index is 0.409. The molecule has 0 radical (unpaired) electrons. The Labute approximate surface area is 111 Å². The van der Waals surface area contributed by atoms with Crippen molar-refractivity contribution in [2.75, 3.05) is 31.1 Å². The Bertz CT molecular complexity index is 620. The zero-order valence-corrected chi connectivity index (χ0v) is 10.6. The van der Waals surface area contributed by atoms with Crippen molar-refractivity contribution in [2.24, 2.45) is 5.73 Å². The van der Waals surface area contributed by atoms with E-state index in [1.807, 2.05) is 18.2 Å². The summed E-state index contributed by atoms with van der Waals surface area (Å²) in [4.78, 5) is 18.1. The second-order valence-electron chi connectivity index (χ2n) is 4.68. The molecule has 5 nitrogen and oxygen atoms in total. The van der Waals surface area contributed by atoms with E-state index in [0.29, 0.717) is 5.56 Å². The summed E-state index contributed by atoms with van der Waals surface area (Å²) in [5.41, 5.74) is 6.68. The number of fused-ring (bicyclic) bond motifs is 1. The number of piperazine rings is 1. The third kappa shape index (κ3) is 2.37. The van der Waals surface area contributed by atoms with E-state index >= 15 is 0 Å². The fourth-order valence-electron chi connectivity index (χ4n) is 2.34. The summed E-state index contributed by atoms with van der Waals surface area (Å²) in [5, 5.41) is 4.26. The second kappa shape index (κ2) is 4.85. The molecule has 98 valence electrons. The van der Waals surface area contributed by atoms with E-state index in [1.165, 1.54) is 0 Å². The number of primary amides is 1. The Kier molecular flexibility index (Phi) is 3.05. The minimum Gasteiger partial charge on any atom is -0.366 e. The molecule has 1 aliphatic heterocycles. The largest absolute Gasteiger partial charge is 0.366 e. The predicted octanol–water partition coefficient (Wildman–Crippen LogP) is 0.743. The highest BCUT2D eigenvalue weighted by molar-refractivity contribution is 5.97. The SMILES string of the molecule is NC(=O)c1ccc2nc(N3CCNCC3)ccc2c1. The molecule has 2 aromatic rings. The first-order valence-corrected chi connectivity index (χ1v) is 6.40. The van der Waals surface area contributed by atoms with Crippen LogP contribution < -0.4 is 16.0 Å². The Morgan fingerprint density at radius 1 is 1.21 bits per heavy atom. The van der Waals surface area contributed by atoms with E-state index in [0.717, 1.165) is 42.9 Å². The van der Waals surface area contributed by atoms with Crippen LogP contribution in [0.25, 0.3) is 10.9 Å². The number of carbonyl (C=O) groups excluding carboxylic acids is 1. The van der Waals surface area contributed by atoms with Crippen molar-refractivity contribution in [1.29, 1.82) is 0 Å². The lowest BCUT2D eigenvalue weighted by molar-refractivity contribution is 0.100. The van der Waals surface area contributed by atoms with Gasteiger partial charge in [-0.05, 0) is 30.3 Å². The first-order valence-electron chi connectivity index (χ1n) is 6.40. The fraction of sp³-hybridized carbons (Fsp3) is 0.286. The summed E-state index contributed by atoms with van der Waals surface area (Å²) in [6, 6.07) is 9.34. The molecule has 0 atom stereocenters. The highest BCUT2D eigenvalue weighted by Gasteiger charge is 2.12. The van der Waals surface area contributed by atoms with Gasteiger partial charge < -0.3 is 16.0 Å². The van der Waals surface area contributed by atoms with Crippen molar-refractivity contribution in [3.63, 3.8) is 0 Å². The normalized spacial score (nSPS) is 15.7. The minimum atomic E-state index is -0.409. The lowest BCUT2D eigenvalue weighted by atomic mass is 10.1. The van der Waals surface area contributed by atoms with Gasteiger partial charge in [-0.15, -0.1) is 0 Å². The Morgan fingerprint density at radius 3 is 2.74 bits per heavy atom. The van der Waals surface area contributed by atoms with Crippen LogP contribution in [0.1, 0.15) is 10.4 Å². The summed E-state index contributed by atoms with van der Waals surface area (Å²) < 4.78 is 0. The fourth-order valence-corrected chi connectivity index (χ4v) is 2.34. The molecule has 1 aromatic heterocycles. The van der Waals surface area contributed by atoms with Gasteiger partial charge >= 0.3 is 0 Å². The van der Waals surface area contributed by atoms with Gasteiger partial charge in [0.25, 0.3) is 0 Å². The molecule has 3 N–H and O–H groups in total. The van der Waals surface area contributed by atoms with Crippen molar-refractivity contribution in [1.82, 2.24) is 10.3 Å². The van der Waals surface area contributed by atoms with Crippen LogP contribution in [0.3, 0.4) is 0 Å². The van der Waals surface area contributed by atoms with Crippen molar-refractivity contribution in [3.8, 4) is 0 Å². The molecule has 0 unspecified atom stereocenters. The molecule has 2 heterocycles. The van der Waals surface area contributed by atoms with E-state index in [-0.39, 0.29) is 0 Å². The quantitative estimate of drug-likeness (QED) is 0.831. The summed E-state index contributed by atoms with van der Waals surface area (Å²) >= 11 is 0. The lowest BCUT2D eigenvalue weighted by Gasteiger charge is -2.28. The number of nitrogens with zero attached hydrogens (tertiary/aromatic N) is 2. The maximum absolute atomic E-state index is 11.1. The average Bonchev–Trinajstić information content (AvgIpc) is 2.47. The van der Waals surface area contributed by atoms with Gasteiger partial charge in [-0.3, -0.25) is 4.79 Å². The molecule has 1 amide bonds. The van der Waals surface area contributed by atoms with Crippen LogP contribution in [0.4, 0.5) is 5.82 Å². The van der Waals surface area contributed by atoms with Crippen LogP contribution in [0.2, 0.25) is 0 Å². The average molecular weight is 256 g/mol. The third-order valence-corrected chi connectivity index (χ3v) is 3.40. The van der Waals surface area contributed by atoms with Gasteiger partial charge in [0.15, 0.2) is 0 Å². The van der Waals surface area contributed by atoms with E-state index in [9.17, 15) is 4.79 Å². The molecular formula is C14H16N4O. The van der Waals surface area contributed by atoms with E-state index in [1.54, 1.807) is 12.1 Å². The number of carbonyl (C=O) groups is 1. The van der Waals surface area contributed by atoms with Crippen molar-refractivity contribution in [3.05, 3.63) is 35.9 Å². The topological polar surface area (TPSA) is 71.2 Å². The zero-order chi connectivity index (χ0) is 13.2. The molecule has 19 heavy (non-hydrogen) atoms. The monoisotopic (exact) mass is 256 g/mol. The van der Waals surface area contributed by atoms with Crippen molar-refractivity contribution >= 4 is 22.6 Å². The van der Waals surface area contributed by atoms with Crippen molar-refractivity contribution in [2.45, 2.75) is 0 Å². The number of hydrogen-bond acceptors (Lipinski definition) is 4. The molecule has 1 aromatic carbocycles. The highest BCUT2D eigenvalue weighted by atomic mass is 16.1. The number of pyridine rings is 1. The summed E-state index contributed by atoms with van der Waals surface area (Å²) in [6.45, 7) is 3.91. The van der Waals surface area contributed by atoms with Crippen LogP contribution >= 0.6 is 0 Å². The van der Waals surface area contributed by atoms with E-state index in [4.69, 9.17) is 5.73 Å². The van der Waals surface area contributed by atoms with Gasteiger partial charge in [0.2, 0.25) is 5.91 Å². The molecule has 0 bridgehead atoms. The summed E-state index contributed by atoms with van der Waals surface area (Å²) in [7, 11) is 0. The van der Waals surface area contributed by atoms with E-state index in [2.05, 4.69) is 15.2 Å². The third-order valence-electron chi connectivity index (χ3n) is 3.40. The van der Waals surface area contributed by atoms with Crippen LogP contribution in [-0.2, 0) is 0 Å². The van der Waals surface area contributed by atoms with Crippen LogP contribution in [0, 0.1) is 0 Å². The maximum atomic E-state index is 11.1. The van der Waals surface area contributed by atoms with Crippen LogP contribution in [-0.4, -0.2) is 37.1 Å². The van der Waals surface area contributed by atoms with Crippen molar-refractivity contribution < 1.29 is 4.79 Å². The number of amides is 1. The standard InChI is InChI=1S/C14H16N4O/c15-14(19)11-1-3-12-10(9-11)2-4-13(17-12)18-7-5-16-6-8-18/h1-4,9,16H,5-8H2,(H2,15,19). The smallest absolute Gasteiger partial charge is 0.248 e. The van der Waals surface area contributed by atoms with E-state index < -0.39 is 5.91 Å². The molecule has 5 heteroatoms. The predicted molar refractivity (Wildman–Crippen MR) is 75.3 cm³/mol. The van der Waals surface area contributed by atoms with Crippen LogP contribution in [0.5, 0.6) is 0 Å². The zero-order valence-electron chi connectivity index (χ0n) is 10.6. The Hall–Kier alpha value is -2.14. The summed E-state index contributed by atoms with van der Waals surface area (Å²) in [6.07, 6.45) is 0. The number of benzene rings is 1. The van der Waals surface area contributed by atoms with Gasteiger partial charge in [-0.2, -0.15) is 0 Å². The molecule has 0 aliphatic carbocycles. The van der Waals surface area contributed by atoms with Gasteiger partial charge in [-0.25, -0.2) is 4.98 Å². The number of hydrogen-bond donors (Lipinski definition) is 2. The molecular weight excluding hydrogens is 240 g/mol. The number of anilines is 1. The Balaban J connectivity index is 1.97. The van der Waals surface area contributed by atoms with Gasteiger partial charge in [0.05, 0.1) is 5.52 Å². The number of rotatable bonds is 2. The number of aromatic nitrogens is 1. The molecule has 3 rings (SSSR count). The Morgan fingerprint density at radius 2 is 2.00 bits per heavy atom. The molecule has 1 saturated heterocycles. The van der Waals surface area contributed by atoms with Crippen LogP contribution in [0.15, 0.2) is 30.3 Å². The number of nitrogens with one attached hydrogen (secondary N) is 1. The molecule has 1 fully saturated rings. The summed E-state index contributed by atoms with van der Waals surface area (Å²) in [5.74, 6) is 0.578. The lowest BCUT2D eigenvalue weighted by Crippen LogP contribution is -2.43. The maximum Gasteiger partial charge on any atom is 0.248 e. The first kappa shape index (κ1) is 11.9. The first-order chi connectivity index (χ1) is 9.24.